The van der Waals surface area contributed by atoms with Crippen LogP contribution in [0.4, 0.5) is 0 Å². The van der Waals surface area contributed by atoms with Gasteiger partial charge in [-0.15, -0.1) is 11.3 Å². The van der Waals surface area contributed by atoms with Crippen molar-refractivity contribution in [2.45, 2.75) is 32.4 Å². The Balaban J connectivity index is 1.54. The van der Waals surface area contributed by atoms with Gasteiger partial charge in [-0.25, -0.2) is 4.98 Å². The highest BCUT2D eigenvalue weighted by molar-refractivity contribution is 7.09. The summed E-state index contributed by atoms with van der Waals surface area (Å²) in [5.41, 5.74) is 8.26. The second-order valence-electron chi connectivity index (χ2n) is 6.58. The Morgan fingerprint density at radius 2 is 2.07 bits per heavy atom. The first-order chi connectivity index (χ1) is 13.2. The number of aromatic nitrogens is 2. The summed E-state index contributed by atoms with van der Waals surface area (Å²) in [6, 6.07) is 13.8. The lowest BCUT2D eigenvalue weighted by Crippen LogP contribution is -2.45. The van der Waals surface area contributed by atoms with Gasteiger partial charge in [0.1, 0.15) is 0 Å². The third kappa shape index (κ3) is 5.52. The lowest BCUT2D eigenvalue weighted by molar-refractivity contribution is -0.132. The molecule has 0 bridgehead atoms. The van der Waals surface area contributed by atoms with Crippen molar-refractivity contribution in [1.82, 2.24) is 14.5 Å². The third-order valence-electron chi connectivity index (χ3n) is 4.54. The fourth-order valence-electron chi connectivity index (χ4n) is 3.06. The molecule has 0 fully saturated rings. The van der Waals surface area contributed by atoms with Gasteiger partial charge in [-0.3, -0.25) is 4.79 Å². The van der Waals surface area contributed by atoms with E-state index in [1.165, 1.54) is 10.4 Å². The molecule has 0 radical (unpaired) electrons. The lowest BCUT2D eigenvalue weighted by Gasteiger charge is -2.24. The number of hydrogen-bond donors (Lipinski definition) is 1. The van der Waals surface area contributed by atoms with E-state index in [-0.39, 0.29) is 5.91 Å². The summed E-state index contributed by atoms with van der Waals surface area (Å²) in [4.78, 5) is 20.3. The maximum absolute atomic E-state index is 12.7. The van der Waals surface area contributed by atoms with Crippen molar-refractivity contribution in [3.8, 4) is 0 Å². The molecule has 0 unspecified atom stereocenters. The highest BCUT2D eigenvalue weighted by atomic mass is 32.1. The quantitative estimate of drug-likeness (QED) is 0.619. The highest BCUT2D eigenvalue weighted by Gasteiger charge is 2.21. The Morgan fingerprint density at radius 1 is 1.26 bits per heavy atom. The molecule has 0 saturated heterocycles. The summed E-state index contributed by atoms with van der Waals surface area (Å²) in [6.45, 7) is 4.12. The van der Waals surface area contributed by atoms with Crippen LogP contribution in [-0.2, 0) is 24.2 Å². The van der Waals surface area contributed by atoms with Gasteiger partial charge < -0.3 is 15.2 Å². The monoisotopic (exact) mass is 382 g/mol. The smallest absolute Gasteiger partial charge is 0.239 e. The fraction of sp³-hybridized carbons (Fsp3) is 0.333. The molecule has 27 heavy (non-hydrogen) atoms. The summed E-state index contributed by atoms with van der Waals surface area (Å²) < 4.78 is 2.02. The van der Waals surface area contributed by atoms with Crippen LogP contribution in [0.25, 0.3) is 0 Å². The lowest BCUT2D eigenvalue weighted by atomic mass is 10.1. The SMILES string of the molecule is CCN(CCc1cccs1)C(=O)[C@@H](N)Cc1cn(Cc2ccccc2)cn1. The Labute approximate surface area is 164 Å². The van der Waals surface area contributed by atoms with E-state index >= 15 is 0 Å². The number of rotatable bonds is 9. The predicted molar refractivity (Wildman–Crippen MR) is 110 cm³/mol. The van der Waals surface area contributed by atoms with E-state index in [1.807, 2.05) is 46.9 Å². The Hall–Kier alpha value is -2.44. The van der Waals surface area contributed by atoms with Crippen LogP contribution >= 0.6 is 11.3 Å². The summed E-state index contributed by atoms with van der Waals surface area (Å²) >= 11 is 1.72. The van der Waals surface area contributed by atoms with Gasteiger partial charge in [-0.1, -0.05) is 36.4 Å². The molecule has 1 atom stereocenters. The van der Waals surface area contributed by atoms with Crippen LogP contribution in [0.5, 0.6) is 0 Å². The molecule has 2 heterocycles. The van der Waals surface area contributed by atoms with Gasteiger partial charge in [-0.2, -0.15) is 0 Å². The fourth-order valence-corrected chi connectivity index (χ4v) is 3.76. The number of likely N-dealkylation sites (N-methyl/N-ethyl adjacent to an activating group) is 1. The number of thiophene rings is 1. The number of carbonyl (C=O) groups is 1. The van der Waals surface area contributed by atoms with Gasteiger partial charge in [0.2, 0.25) is 5.91 Å². The van der Waals surface area contributed by atoms with Crippen molar-refractivity contribution in [2.24, 2.45) is 5.73 Å². The van der Waals surface area contributed by atoms with Gasteiger partial charge in [0, 0.05) is 37.1 Å². The van der Waals surface area contributed by atoms with Crippen LogP contribution in [0, 0.1) is 0 Å². The minimum Gasteiger partial charge on any atom is -0.341 e. The number of imidazole rings is 1. The summed E-state index contributed by atoms with van der Waals surface area (Å²) in [5, 5.41) is 2.06. The third-order valence-corrected chi connectivity index (χ3v) is 5.48. The van der Waals surface area contributed by atoms with E-state index in [0.29, 0.717) is 19.5 Å². The van der Waals surface area contributed by atoms with Crippen molar-refractivity contribution >= 4 is 17.2 Å². The van der Waals surface area contributed by atoms with Crippen molar-refractivity contribution in [1.29, 1.82) is 0 Å². The van der Waals surface area contributed by atoms with Gasteiger partial charge in [0.25, 0.3) is 0 Å². The maximum atomic E-state index is 12.7. The van der Waals surface area contributed by atoms with Crippen molar-refractivity contribution < 1.29 is 4.79 Å². The molecule has 3 rings (SSSR count). The highest BCUT2D eigenvalue weighted by Crippen LogP contribution is 2.11. The van der Waals surface area contributed by atoms with Crippen molar-refractivity contribution in [3.05, 3.63) is 76.5 Å². The maximum Gasteiger partial charge on any atom is 0.239 e. The minimum absolute atomic E-state index is 0.00772. The molecule has 0 spiro atoms. The second-order valence-corrected chi connectivity index (χ2v) is 7.61. The molecular formula is C21H26N4OS. The van der Waals surface area contributed by atoms with E-state index in [2.05, 4.69) is 28.6 Å². The molecular weight excluding hydrogens is 356 g/mol. The number of nitrogens with zero attached hydrogens (tertiary/aromatic N) is 3. The van der Waals surface area contributed by atoms with E-state index in [9.17, 15) is 4.79 Å². The number of carbonyl (C=O) groups excluding carboxylic acids is 1. The van der Waals surface area contributed by atoms with E-state index in [4.69, 9.17) is 5.73 Å². The van der Waals surface area contributed by atoms with E-state index in [1.54, 1.807) is 17.7 Å². The number of hydrogen-bond acceptors (Lipinski definition) is 4. The zero-order valence-corrected chi connectivity index (χ0v) is 16.4. The Kier molecular flexibility index (Phi) is 6.79. The average Bonchev–Trinajstić information content (AvgIpc) is 3.35. The molecule has 0 aliphatic heterocycles. The van der Waals surface area contributed by atoms with Gasteiger partial charge >= 0.3 is 0 Å². The Morgan fingerprint density at radius 3 is 2.78 bits per heavy atom. The average molecular weight is 383 g/mol. The summed E-state index contributed by atoms with van der Waals surface area (Å²) in [7, 11) is 0. The van der Waals surface area contributed by atoms with Crippen LogP contribution in [0.1, 0.15) is 23.1 Å². The Bertz CT molecular complexity index is 829. The predicted octanol–water partition coefficient (Wildman–Crippen LogP) is 2.95. The van der Waals surface area contributed by atoms with Crippen molar-refractivity contribution in [2.75, 3.05) is 13.1 Å². The molecule has 1 aromatic carbocycles. The zero-order valence-electron chi connectivity index (χ0n) is 15.6. The van der Waals surface area contributed by atoms with Crippen LogP contribution in [0.15, 0.2) is 60.4 Å². The zero-order chi connectivity index (χ0) is 19.1. The molecule has 0 saturated carbocycles. The largest absolute Gasteiger partial charge is 0.341 e. The first-order valence-electron chi connectivity index (χ1n) is 9.27. The second kappa shape index (κ2) is 9.48. The van der Waals surface area contributed by atoms with Gasteiger partial charge in [0.15, 0.2) is 0 Å². The molecule has 2 aromatic heterocycles. The number of benzene rings is 1. The molecule has 2 N–H and O–H groups in total. The van der Waals surface area contributed by atoms with Crippen LogP contribution < -0.4 is 5.73 Å². The van der Waals surface area contributed by atoms with Crippen LogP contribution in [-0.4, -0.2) is 39.5 Å². The molecule has 0 aliphatic rings. The number of amides is 1. The minimum atomic E-state index is -0.562. The molecule has 5 nitrogen and oxygen atoms in total. The molecule has 1 amide bonds. The van der Waals surface area contributed by atoms with E-state index in [0.717, 1.165) is 18.7 Å². The molecule has 3 aromatic rings. The summed E-state index contributed by atoms with van der Waals surface area (Å²) in [5.74, 6) is -0.00772. The van der Waals surface area contributed by atoms with Crippen LogP contribution in [0.3, 0.4) is 0 Å². The van der Waals surface area contributed by atoms with E-state index < -0.39 is 6.04 Å². The first-order valence-corrected chi connectivity index (χ1v) is 10.1. The molecule has 0 aliphatic carbocycles. The standard InChI is InChI=1S/C21H26N4OS/c1-2-25(11-10-19-9-6-12-27-19)21(26)20(22)13-18-15-24(16-23-18)14-17-7-4-3-5-8-17/h3-9,12,15-16,20H,2,10-11,13-14,22H2,1H3/t20-/m0/s1. The normalized spacial score (nSPS) is 12.1. The summed E-state index contributed by atoms with van der Waals surface area (Å²) in [6.07, 6.45) is 5.10. The topological polar surface area (TPSA) is 64.2 Å². The first kappa shape index (κ1) is 19.3. The van der Waals surface area contributed by atoms with Crippen molar-refractivity contribution in [3.63, 3.8) is 0 Å². The number of nitrogens with two attached hydrogens (primary N) is 1. The van der Waals surface area contributed by atoms with Crippen LogP contribution in [0.2, 0.25) is 0 Å². The molecule has 6 heteroatoms. The van der Waals surface area contributed by atoms with Gasteiger partial charge in [-0.05, 0) is 30.4 Å². The molecule has 142 valence electrons. The van der Waals surface area contributed by atoms with Gasteiger partial charge in [0.05, 0.1) is 18.1 Å².